The van der Waals surface area contributed by atoms with Gasteiger partial charge >= 0.3 is 0 Å². The van der Waals surface area contributed by atoms with Crippen LogP contribution in [0.4, 0.5) is 5.82 Å². The quantitative estimate of drug-likeness (QED) is 0.806. The lowest BCUT2D eigenvalue weighted by molar-refractivity contribution is 0.476. The number of benzene rings is 1. The van der Waals surface area contributed by atoms with Gasteiger partial charge in [-0.05, 0) is 35.7 Å². The van der Waals surface area contributed by atoms with E-state index in [1.165, 1.54) is 5.56 Å². The van der Waals surface area contributed by atoms with Gasteiger partial charge in [-0.15, -0.1) is 10.2 Å². The van der Waals surface area contributed by atoms with Crippen molar-refractivity contribution in [2.45, 2.75) is 19.8 Å². The minimum Gasteiger partial charge on any atom is -0.507 e. The number of anilines is 1. The van der Waals surface area contributed by atoms with Crippen LogP contribution in [0.15, 0.2) is 18.2 Å². The van der Waals surface area contributed by atoms with Crippen molar-refractivity contribution >= 4 is 5.82 Å². The molecule has 1 heterocycles. The molecule has 1 unspecified atom stereocenters. The molecule has 2 aromatic rings. The first-order valence-electron chi connectivity index (χ1n) is 6.01. The van der Waals surface area contributed by atoms with E-state index in [4.69, 9.17) is 0 Å². The molecule has 4 heteroatoms. The summed E-state index contributed by atoms with van der Waals surface area (Å²) in [6.07, 6.45) is 0. The van der Waals surface area contributed by atoms with Crippen LogP contribution in [0.1, 0.15) is 29.5 Å². The normalized spacial score (nSPS) is 16.3. The molecule has 1 aliphatic carbocycles. The molecule has 0 fully saturated rings. The number of nitrogens with zero attached hydrogens (tertiary/aromatic N) is 2. The number of phenolic OH excluding ortho intramolecular Hbond substituents is 1. The predicted octanol–water partition coefficient (Wildman–Crippen LogP) is 2.66. The summed E-state index contributed by atoms with van der Waals surface area (Å²) in [4.78, 5) is 0. The zero-order valence-corrected chi connectivity index (χ0v) is 10.7. The fraction of sp³-hybridized carbons (Fsp3) is 0.286. The Bertz CT molecular complexity index is 637. The highest BCUT2D eigenvalue weighted by molar-refractivity contribution is 5.82. The molecule has 1 aromatic carbocycles. The van der Waals surface area contributed by atoms with Crippen LogP contribution in [-0.4, -0.2) is 22.4 Å². The molecule has 3 rings (SSSR count). The van der Waals surface area contributed by atoms with Crippen molar-refractivity contribution < 1.29 is 5.11 Å². The summed E-state index contributed by atoms with van der Waals surface area (Å²) < 4.78 is 0. The summed E-state index contributed by atoms with van der Waals surface area (Å²) >= 11 is 0. The van der Waals surface area contributed by atoms with Crippen LogP contribution < -0.4 is 5.32 Å². The van der Waals surface area contributed by atoms with Crippen LogP contribution in [0.3, 0.4) is 0 Å². The molecule has 0 amide bonds. The molecule has 0 radical (unpaired) electrons. The second kappa shape index (κ2) is 3.70. The lowest BCUT2D eigenvalue weighted by Gasteiger charge is -2.10. The fourth-order valence-corrected chi connectivity index (χ4v) is 2.73. The molecular weight excluding hydrogens is 226 g/mol. The monoisotopic (exact) mass is 241 g/mol. The Balaban J connectivity index is 2.32. The lowest BCUT2D eigenvalue weighted by Crippen LogP contribution is -1.98. The molecule has 18 heavy (non-hydrogen) atoms. The molecular formula is C14H15N3O. The van der Waals surface area contributed by atoms with Gasteiger partial charge in [0, 0.05) is 18.5 Å². The van der Waals surface area contributed by atoms with Gasteiger partial charge in [0.25, 0.3) is 0 Å². The van der Waals surface area contributed by atoms with E-state index in [1.807, 2.05) is 19.2 Å². The Morgan fingerprint density at radius 1 is 1.28 bits per heavy atom. The van der Waals surface area contributed by atoms with Gasteiger partial charge in [-0.2, -0.15) is 0 Å². The SMILES string of the molecule is CNc1cc2c(nn1)-c1c(O)ccc(C)c1C2C. The molecule has 0 saturated heterocycles. The Kier molecular flexibility index (Phi) is 2.26. The van der Waals surface area contributed by atoms with E-state index in [-0.39, 0.29) is 11.7 Å². The first kappa shape index (κ1) is 11.0. The summed E-state index contributed by atoms with van der Waals surface area (Å²) in [5.74, 6) is 1.28. The van der Waals surface area contributed by atoms with Crippen molar-refractivity contribution in [3.8, 4) is 17.0 Å². The van der Waals surface area contributed by atoms with Gasteiger partial charge in [0.15, 0.2) is 0 Å². The van der Waals surface area contributed by atoms with Gasteiger partial charge in [-0.25, -0.2) is 0 Å². The van der Waals surface area contributed by atoms with Gasteiger partial charge in [0.2, 0.25) is 0 Å². The molecule has 0 saturated carbocycles. The van der Waals surface area contributed by atoms with Crippen LogP contribution in [0.5, 0.6) is 5.75 Å². The van der Waals surface area contributed by atoms with E-state index in [2.05, 4.69) is 29.4 Å². The van der Waals surface area contributed by atoms with Gasteiger partial charge in [0.05, 0.1) is 0 Å². The van der Waals surface area contributed by atoms with E-state index in [1.54, 1.807) is 6.07 Å². The molecule has 1 atom stereocenters. The van der Waals surface area contributed by atoms with Gasteiger partial charge < -0.3 is 10.4 Å². The second-order valence-corrected chi connectivity index (χ2v) is 4.70. The highest BCUT2D eigenvalue weighted by Gasteiger charge is 2.31. The number of phenols is 1. The number of aromatic hydroxyl groups is 1. The maximum Gasteiger partial charge on any atom is 0.148 e. The zero-order valence-electron chi connectivity index (χ0n) is 10.7. The van der Waals surface area contributed by atoms with Crippen molar-refractivity contribution in [1.29, 1.82) is 0 Å². The number of fused-ring (bicyclic) bond motifs is 3. The van der Waals surface area contributed by atoms with Crippen LogP contribution in [0, 0.1) is 6.92 Å². The summed E-state index contributed by atoms with van der Waals surface area (Å²) in [5.41, 5.74) is 5.10. The van der Waals surface area contributed by atoms with Crippen molar-refractivity contribution in [2.75, 3.05) is 12.4 Å². The van der Waals surface area contributed by atoms with E-state index in [9.17, 15) is 5.11 Å². The van der Waals surface area contributed by atoms with E-state index in [0.29, 0.717) is 0 Å². The van der Waals surface area contributed by atoms with E-state index < -0.39 is 0 Å². The molecule has 1 aliphatic rings. The molecule has 0 spiro atoms. The zero-order chi connectivity index (χ0) is 12.9. The Morgan fingerprint density at radius 3 is 2.78 bits per heavy atom. The van der Waals surface area contributed by atoms with Crippen molar-refractivity contribution in [1.82, 2.24) is 10.2 Å². The van der Waals surface area contributed by atoms with Crippen molar-refractivity contribution in [2.24, 2.45) is 0 Å². The first-order chi connectivity index (χ1) is 8.63. The second-order valence-electron chi connectivity index (χ2n) is 4.70. The maximum absolute atomic E-state index is 10.1. The summed E-state index contributed by atoms with van der Waals surface area (Å²) in [6.45, 7) is 4.20. The molecule has 92 valence electrons. The van der Waals surface area contributed by atoms with Crippen LogP contribution in [0.2, 0.25) is 0 Å². The smallest absolute Gasteiger partial charge is 0.148 e. The average molecular weight is 241 g/mol. The molecule has 4 nitrogen and oxygen atoms in total. The average Bonchev–Trinajstić information content (AvgIpc) is 2.68. The lowest BCUT2D eigenvalue weighted by atomic mass is 9.95. The number of rotatable bonds is 1. The third-order valence-corrected chi connectivity index (χ3v) is 3.66. The molecule has 0 bridgehead atoms. The van der Waals surface area contributed by atoms with Gasteiger partial charge in [-0.1, -0.05) is 13.0 Å². The summed E-state index contributed by atoms with van der Waals surface area (Å²) in [7, 11) is 1.83. The highest BCUT2D eigenvalue weighted by Crippen LogP contribution is 2.48. The third-order valence-electron chi connectivity index (χ3n) is 3.66. The number of nitrogens with one attached hydrogen (secondary N) is 1. The number of hydrogen-bond acceptors (Lipinski definition) is 4. The van der Waals surface area contributed by atoms with Crippen LogP contribution in [0.25, 0.3) is 11.3 Å². The number of aryl methyl sites for hydroxylation is 1. The van der Waals surface area contributed by atoms with Crippen LogP contribution in [-0.2, 0) is 0 Å². The summed E-state index contributed by atoms with van der Waals surface area (Å²) in [5, 5.41) is 21.4. The number of aromatic nitrogens is 2. The Hall–Kier alpha value is -2.10. The Morgan fingerprint density at radius 2 is 2.06 bits per heavy atom. The summed E-state index contributed by atoms with van der Waals surface area (Å²) in [6, 6.07) is 5.68. The standard InChI is InChI=1S/C14H15N3O/c1-7-4-5-10(18)13-12(7)8(2)9-6-11(15-3)16-17-14(9)13/h4-6,8,18H,1-3H3,(H,15,16). The maximum atomic E-state index is 10.1. The van der Waals surface area contributed by atoms with Gasteiger partial charge in [0.1, 0.15) is 17.3 Å². The first-order valence-corrected chi connectivity index (χ1v) is 6.01. The highest BCUT2D eigenvalue weighted by atomic mass is 16.3. The van der Waals surface area contributed by atoms with Crippen molar-refractivity contribution in [3.63, 3.8) is 0 Å². The van der Waals surface area contributed by atoms with E-state index >= 15 is 0 Å². The van der Waals surface area contributed by atoms with Crippen LogP contribution >= 0.6 is 0 Å². The predicted molar refractivity (Wildman–Crippen MR) is 70.9 cm³/mol. The largest absolute Gasteiger partial charge is 0.507 e. The van der Waals surface area contributed by atoms with Crippen molar-refractivity contribution in [3.05, 3.63) is 34.9 Å². The minimum atomic E-state index is 0.240. The molecule has 1 aromatic heterocycles. The topological polar surface area (TPSA) is 58.0 Å². The molecule has 2 N–H and O–H groups in total. The van der Waals surface area contributed by atoms with E-state index in [0.717, 1.165) is 28.2 Å². The third kappa shape index (κ3) is 1.32. The molecule has 0 aliphatic heterocycles. The minimum absolute atomic E-state index is 0.240. The fourth-order valence-electron chi connectivity index (χ4n) is 2.73. The number of hydrogen-bond donors (Lipinski definition) is 2. The van der Waals surface area contributed by atoms with Gasteiger partial charge in [-0.3, -0.25) is 0 Å². The Labute approximate surface area is 106 Å².